The van der Waals surface area contributed by atoms with Crippen LogP contribution in [0.2, 0.25) is 0 Å². The first-order valence-corrected chi connectivity index (χ1v) is 8.15. The van der Waals surface area contributed by atoms with Crippen molar-refractivity contribution in [1.82, 2.24) is 9.88 Å². The lowest BCUT2D eigenvalue weighted by atomic mass is 10.1. The second-order valence-electron chi connectivity index (χ2n) is 6.05. The number of carbonyl (C=O) groups is 1. The Hall–Kier alpha value is -2.15. The fraction of sp³-hybridized carbons (Fsp3) is 0.333. The summed E-state index contributed by atoms with van der Waals surface area (Å²) in [5, 5.41) is 2.87. The summed E-state index contributed by atoms with van der Waals surface area (Å²) in [6.07, 6.45) is 1.71. The molecule has 1 saturated heterocycles. The molecule has 25 heavy (non-hydrogen) atoms. The molecule has 0 saturated carbocycles. The van der Waals surface area contributed by atoms with Crippen molar-refractivity contribution in [3.63, 3.8) is 0 Å². The van der Waals surface area contributed by atoms with Gasteiger partial charge in [0.15, 0.2) is 0 Å². The summed E-state index contributed by atoms with van der Waals surface area (Å²) in [5.74, 6) is 0.807. The van der Waals surface area contributed by atoms with Crippen LogP contribution in [-0.4, -0.2) is 49.0 Å². The zero-order valence-electron chi connectivity index (χ0n) is 14.3. The molecule has 1 aliphatic rings. The molecule has 0 bridgehead atoms. The van der Waals surface area contributed by atoms with Crippen molar-refractivity contribution < 1.29 is 4.79 Å². The molecule has 1 fully saturated rings. The second-order valence-corrected chi connectivity index (χ2v) is 6.05. The molecule has 3 rings (SSSR count). The maximum absolute atomic E-state index is 12.3. The third-order valence-corrected chi connectivity index (χ3v) is 4.28. The Morgan fingerprint density at radius 2 is 1.80 bits per heavy atom. The summed E-state index contributed by atoms with van der Waals surface area (Å²) in [5.41, 5.74) is 7.87. The number of carbonyl (C=O) groups excluding carboxylic acids is 1. The minimum atomic E-state index is -0.146. The number of pyridine rings is 1. The number of anilines is 2. The highest BCUT2D eigenvalue weighted by Crippen LogP contribution is 2.16. The van der Waals surface area contributed by atoms with E-state index in [0.717, 1.165) is 37.6 Å². The van der Waals surface area contributed by atoms with E-state index >= 15 is 0 Å². The average molecular weight is 362 g/mol. The lowest BCUT2D eigenvalue weighted by molar-refractivity contribution is 0.102. The molecular formula is C18H24ClN5O. The number of benzene rings is 1. The van der Waals surface area contributed by atoms with Crippen molar-refractivity contribution in [1.29, 1.82) is 0 Å². The number of likely N-dealkylation sites (N-methyl/N-ethyl adjacent to an activating group) is 1. The fourth-order valence-corrected chi connectivity index (χ4v) is 2.68. The van der Waals surface area contributed by atoms with Gasteiger partial charge in [0.1, 0.15) is 5.82 Å². The molecular weight excluding hydrogens is 338 g/mol. The topological polar surface area (TPSA) is 74.5 Å². The number of amides is 1. The van der Waals surface area contributed by atoms with E-state index in [0.29, 0.717) is 17.8 Å². The summed E-state index contributed by atoms with van der Waals surface area (Å²) in [4.78, 5) is 21.3. The van der Waals surface area contributed by atoms with Crippen LogP contribution in [0, 0.1) is 0 Å². The van der Waals surface area contributed by atoms with Gasteiger partial charge in [-0.05, 0) is 36.9 Å². The largest absolute Gasteiger partial charge is 0.354 e. The van der Waals surface area contributed by atoms with Crippen LogP contribution in [-0.2, 0) is 6.54 Å². The molecule has 1 amide bonds. The summed E-state index contributed by atoms with van der Waals surface area (Å²) in [6, 6.07) is 11.1. The molecule has 6 nitrogen and oxygen atoms in total. The molecule has 2 aromatic rings. The van der Waals surface area contributed by atoms with E-state index in [-0.39, 0.29) is 18.3 Å². The summed E-state index contributed by atoms with van der Waals surface area (Å²) in [6.45, 7) is 4.50. The minimum absolute atomic E-state index is 0. The standard InChI is InChI=1S/C18H23N5O.ClH/c1-22-8-10-23(11-9-22)17-7-6-16(13-20-17)21-18(24)15-4-2-14(12-19)3-5-15;/h2-7,13H,8-12,19H2,1H3,(H,21,24);1H. The van der Waals surface area contributed by atoms with Crippen LogP contribution in [0.3, 0.4) is 0 Å². The lowest BCUT2D eigenvalue weighted by Crippen LogP contribution is -2.44. The van der Waals surface area contributed by atoms with Crippen LogP contribution >= 0.6 is 12.4 Å². The van der Waals surface area contributed by atoms with Gasteiger partial charge in [-0.1, -0.05) is 12.1 Å². The number of nitrogens with two attached hydrogens (primary N) is 1. The maximum Gasteiger partial charge on any atom is 0.255 e. The van der Waals surface area contributed by atoms with Gasteiger partial charge < -0.3 is 20.9 Å². The molecule has 0 spiro atoms. The molecule has 1 aromatic carbocycles. The molecule has 0 aliphatic carbocycles. The highest BCUT2D eigenvalue weighted by molar-refractivity contribution is 6.04. The van der Waals surface area contributed by atoms with Gasteiger partial charge in [-0.15, -0.1) is 12.4 Å². The first-order valence-electron chi connectivity index (χ1n) is 8.15. The van der Waals surface area contributed by atoms with E-state index in [1.54, 1.807) is 18.3 Å². The van der Waals surface area contributed by atoms with Crippen LogP contribution in [0.1, 0.15) is 15.9 Å². The van der Waals surface area contributed by atoms with Crippen molar-refractivity contribution >= 4 is 29.8 Å². The number of hydrogen-bond acceptors (Lipinski definition) is 5. The normalized spacial score (nSPS) is 14.7. The number of rotatable bonds is 4. The Kier molecular flexibility index (Phi) is 6.75. The van der Waals surface area contributed by atoms with Crippen molar-refractivity contribution in [3.8, 4) is 0 Å². The maximum atomic E-state index is 12.3. The monoisotopic (exact) mass is 361 g/mol. The Morgan fingerprint density at radius 1 is 1.12 bits per heavy atom. The minimum Gasteiger partial charge on any atom is -0.354 e. The summed E-state index contributed by atoms with van der Waals surface area (Å²) in [7, 11) is 2.13. The van der Waals surface area contributed by atoms with Crippen LogP contribution < -0.4 is 16.0 Å². The SMILES string of the molecule is CN1CCN(c2ccc(NC(=O)c3ccc(CN)cc3)cn2)CC1.Cl. The van der Waals surface area contributed by atoms with E-state index in [1.807, 2.05) is 24.3 Å². The molecule has 2 heterocycles. The highest BCUT2D eigenvalue weighted by Gasteiger charge is 2.15. The number of piperazine rings is 1. The summed E-state index contributed by atoms with van der Waals surface area (Å²) >= 11 is 0. The Morgan fingerprint density at radius 3 is 2.36 bits per heavy atom. The van der Waals surface area contributed by atoms with Gasteiger partial charge in [-0.3, -0.25) is 4.79 Å². The number of halogens is 1. The predicted octanol–water partition coefficient (Wildman–Crippen LogP) is 1.97. The van der Waals surface area contributed by atoms with Crippen molar-refractivity contribution in [2.24, 2.45) is 5.73 Å². The smallest absolute Gasteiger partial charge is 0.255 e. The molecule has 7 heteroatoms. The van der Waals surface area contributed by atoms with Gasteiger partial charge in [-0.25, -0.2) is 4.98 Å². The Bertz CT molecular complexity index is 682. The Balaban J connectivity index is 0.00000225. The second kappa shape index (κ2) is 8.80. The van der Waals surface area contributed by atoms with E-state index < -0.39 is 0 Å². The van der Waals surface area contributed by atoms with Crippen LogP contribution in [0.15, 0.2) is 42.6 Å². The van der Waals surface area contributed by atoms with Gasteiger partial charge >= 0.3 is 0 Å². The number of nitrogens with one attached hydrogen (secondary N) is 1. The third kappa shape index (κ3) is 4.92. The first-order chi connectivity index (χ1) is 11.7. The van der Waals surface area contributed by atoms with Crippen LogP contribution in [0.4, 0.5) is 11.5 Å². The third-order valence-electron chi connectivity index (χ3n) is 4.28. The van der Waals surface area contributed by atoms with Crippen molar-refractivity contribution in [2.45, 2.75) is 6.54 Å². The average Bonchev–Trinajstić information content (AvgIpc) is 2.63. The molecule has 0 radical (unpaired) electrons. The molecule has 1 aromatic heterocycles. The molecule has 1 aliphatic heterocycles. The molecule has 0 unspecified atom stereocenters. The van der Waals surface area contributed by atoms with E-state index in [4.69, 9.17) is 5.73 Å². The fourth-order valence-electron chi connectivity index (χ4n) is 2.68. The molecule has 3 N–H and O–H groups in total. The van der Waals surface area contributed by atoms with Crippen molar-refractivity contribution in [3.05, 3.63) is 53.7 Å². The van der Waals surface area contributed by atoms with E-state index in [9.17, 15) is 4.79 Å². The predicted molar refractivity (Wildman–Crippen MR) is 103 cm³/mol. The zero-order chi connectivity index (χ0) is 16.9. The Labute approximate surface area is 154 Å². The summed E-state index contributed by atoms with van der Waals surface area (Å²) < 4.78 is 0. The molecule has 0 atom stereocenters. The quantitative estimate of drug-likeness (QED) is 0.870. The van der Waals surface area contributed by atoms with Gasteiger partial charge in [0.05, 0.1) is 11.9 Å². The first kappa shape index (κ1) is 19.2. The van der Waals surface area contributed by atoms with Gasteiger partial charge in [0.25, 0.3) is 5.91 Å². The van der Waals surface area contributed by atoms with E-state index in [1.165, 1.54) is 0 Å². The number of nitrogens with zero attached hydrogens (tertiary/aromatic N) is 3. The van der Waals surface area contributed by atoms with E-state index in [2.05, 4.69) is 27.1 Å². The van der Waals surface area contributed by atoms with Crippen LogP contribution in [0.25, 0.3) is 0 Å². The lowest BCUT2D eigenvalue weighted by Gasteiger charge is -2.33. The number of aromatic nitrogens is 1. The zero-order valence-corrected chi connectivity index (χ0v) is 15.1. The van der Waals surface area contributed by atoms with Crippen molar-refractivity contribution in [2.75, 3.05) is 43.4 Å². The van der Waals surface area contributed by atoms with Gasteiger partial charge in [0, 0.05) is 38.3 Å². The van der Waals surface area contributed by atoms with Crippen LogP contribution in [0.5, 0.6) is 0 Å². The van der Waals surface area contributed by atoms with Gasteiger partial charge in [0.2, 0.25) is 0 Å². The highest BCUT2D eigenvalue weighted by atomic mass is 35.5. The molecule has 134 valence electrons. The van der Waals surface area contributed by atoms with Gasteiger partial charge in [-0.2, -0.15) is 0 Å². The number of hydrogen-bond donors (Lipinski definition) is 2.